The zero-order valence-electron chi connectivity index (χ0n) is 11.7. The van der Waals surface area contributed by atoms with E-state index in [1.54, 1.807) is 0 Å². The van der Waals surface area contributed by atoms with Gasteiger partial charge in [-0.3, -0.25) is 4.40 Å². The van der Waals surface area contributed by atoms with Crippen molar-refractivity contribution < 1.29 is 0 Å². The van der Waals surface area contributed by atoms with Crippen LogP contribution in [0.5, 0.6) is 0 Å². The van der Waals surface area contributed by atoms with Crippen LogP contribution in [0.4, 0.5) is 0 Å². The molecular weight excluding hydrogens is 373 g/mol. The largest absolute Gasteiger partial charge is 0.280 e. The number of imidazole rings is 1. The average molecular weight is 387 g/mol. The van der Waals surface area contributed by atoms with Gasteiger partial charge in [0.05, 0.1) is 16.6 Å². The lowest BCUT2D eigenvalue weighted by Crippen LogP contribution is -2.02. The molecule has 0 atom stereocenters. The Morgan fingerprint density at radius 3 is 2.76 bits per heavy atom. The second-order valence-electron chi connectivity index (χ2n) is 5.20. The van der Waals surface area contributed by atoms with E-state index in [1.165, 1.54) is 3.57 Å². The maximum absolute atomic E-state index is 4.88. The molecule has 0 aliphatic heterocycles. The smallest absolute Gasteiger partial charge is 0.148 e. The van der Waals surface area contributed by atoms with Crippen LogP contribution in [-0.2, 0) is 6.42 Å². The van der Waals surface area contributed by atoms with Gasteiger partial charge in [-0.1, -0.05) is 19.1 Å². The third-order valence-corrected chi connectivity index (χ3v) is 4.41. The Kier molecular flexibility index (Phi) is 3.06. The molecule has 0 bridgehead atoms. The summed E-state index contributed by atoms with van der Waals surface area (Å²) in [5.74, 6) is 1.09. The summed E-state index contributed by atoms with van der Waals surface area (Å²) < 4.78 is 3.43. The molecule has 4 rings (SSSR count). The van der Waals surface area contributed by atoms with Gasteiger partial charge >= 0.3 is 0 Å². The first-order valence-electron chi connectivity index (χ1n) is 7.13. The van der Waals surface area contributed by atoms with Gasteiger partial charge in [-0.2, -0.15) is 0 Å². The van der Waals surface area contributed by atoms with E-state index in [9.17, 15) is 0 Å². The molecule has 3 nitrogen and oxygen atoms in total. The Hall–Kier alpha value is -1.69. The van der Waals surface area contributed by atoms with Crippen molar-refractivity contribution in [1.82, 2.24) is 14.4 Å². The molecule has 0 aliphatic carbocycles. The second kappa shape index (κ2) is 4.94. The van der Waals surface area contributed by atoms with E-state index in [-0.39, 0.29) is 0 Å². The van der Waals surface area contributed by atoms with Crippen LogP contribution < -0.4 is 0 Å². The number of hydrogen-bond acceptors (Lipinski definition) is 2. The lowest BCUT2D eigenvalue weighted by atomic mass is 10.2. The fourth-order valence-electron chi connectivity index (χ4n) is 2.83. The van der Waals surface area contributed by atoms with Crippen molar-refractivity contribution in [3.63, 3.8) is 0 Å². The van der Waals surface area contributed by atoms with Gasteiger partial charge < -0.3 is 0 Å². The van der Waals surface area contributed by atoms with Crippen LogP contribution in [0.2, 0.25) is 0 Å². The van der Waals surface area contributed by atoms with Crippen LogP contribution in [0.1, 0.15) is 19.2 Å². The van der Waals surface area contributed by atoms with Crippen LogP contribution in [-0.4, -0.2) is 14.4 Å². The summed E-state index contributed by atoms with van der Waals surface area (Å²) in [6.07, 6.45) is 2.03. The molecule has 0 amide bonds. The molecule has 0 saturated heterocycles. The second-order valence-corrected chi connectivity index (χ2v) is 6.44. The Morgan fingerprint density at radius 2 is 1.90 bits per heavy atom. The van der Waals surface area contributed by atoms with Crippen molar-refractivity contribution >= 4 is 50.2 Å². The van der Waals surface area contributed by atoms with E-state index in [2.05, 4.69) is 70.3 Å². The first kappa shape index (κ1) is 13.0. The zero-order valence-corrected chi connectivity index (χ0v) is 13.8. The maximum Gasteiger partial charge on any atom is 0.148 e. The van der Waals surface area contributed by atoms with Gasteiger partial charge in [0.2, 0.25) is 0 Å². The quantitative estimate of drug-likeness (QED) is 0.471. The fourth-order valence-corrected chi connectivity index (χ4v) is 3.32. The SMILES string of the molecule is CCCc1nc2ccc(I)cc2c2nc3ccccc3n12. The highest BCUT2D eigenvalue weighted by Gasteiger charge is 2.13. The molecule has 4 heteroatoms. The molecule has 21 heavy (non-hydrogen) atoms. The Morgan fingerprint density at radius 1 is 1.05 bits per heavy atom. The van der Waals surface area contributed by atoms with Crippen LogP contribution in [0.3, 0.4) is 0 Å². The van der Waals surface area contributed by atoms with E-state index in [0.29, 0.717) is 0 Å². The van der Waals surface area contributed by atoms with Crippen LogP contribution >= 0.6 is 22.6 Å². The molecule has 104 valence electrons. The standard InChI is InChI=1S/C17H14IN3/c1-2-5-16-19-13-9-8-11(18)10-12(13)17-20-14-6-3-4-7-15(14)21(16)17/h3-4,6-10H,2,5H2,1H3. The van der Waals surface area contributed by atoms with Gasteiger partial charge in [0, 0.05) is 15.4 Å². The number of nitrogens with zero attached hydrogens (tertiary/aromatic N) is 3. The summed E-state index contributed by atoms with van der Waals surface area (Å²) in [6.45, 7) is 2.19. The Balaban J connectivity index is 2.25. The van der Waals surface area contributed by atoms with Crippen molar-refractivity contribution in [2.24, 2.45) is 0 Å². The van der Waals surface area contributed by atoms with Gasteiger partial charge in [-0.05, 0) is 59.3 Å². The van der Waals surface area contributed by atoms with E-state index in [1.807, 2.05) is 6.07 Å². The number of hydrogen-bond donors (Lipinski definition) is 0. The highest BCUT2D eigenvalue weighted by atomic mass is 127. The molecular formula is C17H14IN3. The molecule has 0 radical (unpaired) electrons. The molecule has 0 N–H and O–H groups in total. The highest BCUT2D eigenvalue weighted by Crippen LogP contribution is 2.26. The minimum Gasteiger partial charge on any atom is -0.280 e. The van der Waals surface area contributed by atoms with Crippen LogP contribution in [0, 0.1) is 3.57 Å². The summed E-state index contributed by atoms with van der Waals surface area (Å²) >= 11 is 2.34. The molecule has 0 fully saturated rings. The van der Waals surface area contributed by atoms with Gasteiger partial charge in [0.25, 0.3) is 0 Å². The van der Waals surface area contributed by atoms with Gasteiger partial charge in [0.1, 0.15) is 11.5 Å². The number of rotatable bonds is 2. The molecule has 0 aliphatic rings. The number of para-hydroxylation sites is 2. The van der Waals surface area contributed by atoms with E-state index >= 15 is 0 Å². The molecule has 2 aromatic carbocycles. The van der Waals surface area contributed by atoms with Crippen LogP contribution in [0.25, 0.3) is 27.6 Å². The van der Waals surface area contributed by atoms with Crippen LogP contribution in [0.15, 0.2) is 42.5 Å². The van der Waals surface area contributed by atoms with Crippen molar-refractivity contribution in [1.29, 1.82) is 0 Å². The molecule has 2 aromatic heterocycles. The number of aromatic nitrogens is 3. The first-order valence-corrected chi connectivity index (χ1v) is 8.21. The summed E-state index contributed by atoms with van der Waals surface area (Å²) in [6, 6.07) is 14.6. The third-order valence-electron chi connectivity index (χ3n) is 3.74. The number of aryl methyl sites for hydroxylation is 1. The summed E-state index contributed by atoms with van der Waals surface area (Å²) in [5, 5.41) is 1.12. The Bertz CT molecular complexity index is 972. The monoisotopic (exact) mass is 387 g/mol. The van der Waals surface area contributed by atoms with Gasteiger partial charge in [0.15, 0.2) is 0 Å². The first-order chi connectivity index (χ1) is 10.3. The normalized spacial score (nSPS) is 11.7. The Labute approximate surface area is 136 Å². The topological polar surface area (TPSA) is 30.2 Å². The van der Waals surface area contributed by atoms with E-state index < -0.39 is 0 Å². The summed E-state index contributed by atoms with van der Waals surface area (Å²) in [5.41, 5.74) is 4.22. The summed E-state index contributed by atoms with van der Waals surface area (Å²) in [4.78, 5) is 9.72. The van der Waals surface area contributed by atoms with Crippen molar-refractivity contribution in [3.05, 3.63) is 51.9 Å². The van der Waals surface area contributed by atoms with E-state index in [0.717, 1.165) is 46.2 Å². The highest BCUT2D eigenvalue weighted by molar-refractivity contribution is 14.1. The zero-order chi connectivity index (χ0) is 14.4. The number of halogens is 1. The molecule has 0 unspecified atom stereocenters. The molecule has 2 heterocycles. The minimum absolute atomic E-state index is 0.957. The third kappa shape index (κ3) is 2.00. The van der Waals surface area contributed by atoms with E-state index in [4.69, 9.17) is 9.97 Å². The van der Waals surface area contributed by atoms with Crippen molar-refractivity contribution in [3.8, 4) is 0 Å². The number of fused-ring (bicyclic) bond motifs is 5. The van der Waals surface area contributed by atoms with Gasteiger partial charge in [-0.15, -0.1) is 0 Å². The predicted octanol–water partition coefficient (Wildman–Crippen LogP) is 4.59. The number of benzene rings is 2. The molecule has 4 aromatic rings. The minimum atomic E-state index is 0.957. The van der Waals surface area contributed by atoms with Gasteiger partial charge in [-0.25, -0.2) is 9.97 Å². The average Bonchev–Trinajstić information content (AvgIpc) is 2.88. The lowest BCUT2D eigenvalue weighted by molar-refractivity contribution is 0.829. The lowest BCUT2D eigenvalue weighted by Gasteiger charge is -2.08. The molecule has 0 saturated carbocycles. The van der Waals surface area contributed by atoms with Crippen molar-refractivity contribution in [2.45, 2.75) is 19.8 Å². The fraction of sp³-hybridized carbons (Fsp3) is 0.176. The van der Waals surface area contributed by atoms with Crippen molar-refractivity contribution in [2.75, 3.05) is 0 Å². The predicted molar refractivity (Wildman–Crippen MR) is 94.7 cm³/mol. The summed E-state index contributed by atoms with van der Waals surface area (Å²) in [7, 11) is 0. The molecule has 0 spiro atoms. The maximum atomic E-state index is 4.88.